The molecule has 1 aliphatic carbocycles. The van der Waals surface area contributed by atoms with Crippen molar-refractivity contribution < 1.29 is 9.53 Å². The van der Waals surface area contributed by atoms with E-state index in [2.05, 4.69) is 5.43 Å². The number of hydrazine groups is 1. The van der Waals surface area contributed by atoms with Crippen molar-refractivity contribution in [3.63, 3.8) is 0 Å². The van der Waals surface area contributed by atoms with E-state index < -0.39 is 5.60 Å². The number of amides is 1. The van der Waals surface area contributed by atoms with Crippen molar-refractivity contribution in [2.24, 2.45) is 17.7 Å². The van der Waals surface area contributed by atoms with Gasteiger partial charge in [-0.05, 0) is 45.4 Å². The molecule has 0 aromatic rings. The van der Waals surface area contributed by atoms with Crippen molar-refractivity contribution in [1.82, 2.24) is 10.3 Å². The van der Waals surface area contributed by atoms with Gasteiger partial charge in [-0.15, -0.1) is 0 Å². The molecule has 1 aliphatic heterocycles. The summed E-state index contributed by atoms with van der Waals surface area (Å²) in [6.07, 6.45) is 8.73. The Labute approximate surface area is 134 Å². The van der Waals surface area contributed by atoms with E-state index in [4.69, 9.17) is 10.6 Å². The summed E-state index contributed by atoms with van der Waals surface area (Å²) in [5, 5.41) is 0. The van der Waals surface area contributed by atoms with Crippen LogP contribution < -0.4 is 11.3 Å². The molecule has 5 heteroatoms. The number of nitrogens with one attached hydrogen (secondary N) is 1. The van der Waals surface area contributed by atoms with Crippen molar-refractivity contribution in [3.05, 3.63) is 0 Å². The highest BCUT2D eigenvalue weighted by molar-refractivity contribution is 5.68. The molecule has 2 atom stereocenters. The normalized spacial score (nSPS) is 25.3. The molecular weight excluding hydrogens is 278 g/mol. The van der Waals surface area contributed by atoms with Crippen LogP contribution in [-0.4, -0.2) is 35.7 Å². The number of carbonyl (C=O) groups is 1. The molecule has 22 heavy (non-hydrogen) atoms. The third kappa shape index (κ3) is 5.13. The van der Waals surface area contributed by atoms with E-state index in [1.54, 1.807) is 0 Å². The molecule has 1 amide bonds. The standard InChI is InChI=1S/C17H33N3O2/c1-17(2,3)22-16(21)20-10-9-14(12-20)15(19-18)11-13-7-5-4-6-8-13/h13-15,19H,4-12,18H2,1-3H3. The highest BCUT2D eigenvalue weighted by atomic mass is 16.6. The smallest absolute Gasteiger partial charge is 0.410 e. The summed E-state index contributed by atoms with van der Waals surface area (Å²) in [5.41, 5.74) is 2.59. The molecule has 0 spiro atoms. The molecule has 2 unspecified atom stereocenters. The first-order chi connectivity index (χ1) is 10.4. The lowest BCUT2D eigenvalue weighted by atomic mass is 9.82. The molecule has 1 heterocycles. The number of nitrogens with two attached hydrogens (primary N) is 1. The van der Waals surface area contributed by atoms with E-state index >= 15 is 0 Å². The molecule has 1 saturated carbocycles. The van der Waals surface area contributed by atoms with Crippen molar-refractivity contribution in [1.29, 1.82) is 0 Å². The second kappa shape index (κ2) is 7.64. The zero-order valence-electron chi connectivity index (χ0n) is 14.4. The molecule has 2 aliphatic rings. The third-order valence-electron chi connectivity index (χ3n) is 4.97. The van der Waals surface area contributed by atoms with Crippen LogP contribution in [0.5, 0.6) is 0 Å². The summed E-state index contributed by atoms with van der Waals surface area (Å²) < 4.78 is 5.47. The Morgan fingerprint density at radius 2 is 1.95 bits per heavy atom. The van der Waals surface area contributed by atoms with Gasteiger partial charge in [0.25, 0.3) is 0 Å². The first kappa shape index (κ1) is 17.5. The third-order valence-corrected chi connectivity index (χ3v) is 4.97. The topological polar surface area (TPSA) is 67.6 Å². The van der Waals surface area contributed by atoms with Crippen LogP contribution >= 0.6 is 0 Å². The van der Waals surface area contributed by atoms with Gasteiger partial charge in [-0.1, -0.05) is 32.1 Å². The summed E-state index contributed by atoms with van der Waals surface area (Å²) in [6.45, 7) is 7.27. The second-order valence-corrected chi connectivity index (χ2v) is 7.99. The van der Waals surface area contributed by atoms with Crippen LogP contribution in [0.2, 0.25) is 0 Å². The van der Waals surface area contributed by atoms with Gasteiger partial charge in [0.05, 0.1) is 0 Å². The van der Waals surface area contributed by atoms with E-state index in [1.807, 2.05) is 25.7 Å². The fourth-order valence-corrected chi connectivity index (χ4v) is 3.79. The van der Waals surface area contributed by atoms with Crippen LogP contribution in [0.3, 0.4) is 0 Å². The van der Waals surface area contributed by atoms with Crippen molar-refractivity contribution in [2.45, 2.75) is 77.4 Å². The molecule has 128 valence electrons. The van der Waals surface area contributed by atoms with Crippen molar-refractivity contribution >= 4 is 6.09 Å². The first-order valence-electron chi connectivity index (χ1n) is 8.83. The lowest BCUT2D eigenvalue weighted by Crippen LogP contribution is -2.44. The molecule has 1 saturated heterocycles. The fraction of sp³-hybridized carbons (Fsp3) is 0.941. The van der Waals surface area contributed by atoms with E-state index in [-0.39, 0.29) is 6.09 Å². The minimum absolute atomic E-state index is 0.191. The van der Waals surface area contributed by atoms with Crippen molar-refractivity contribution in [2.75, 3.05) is 13.1 Å². The van der Waals surface area contributed by atoms with E-state index in [1.165, 1.54) is 32.1 Å². The molecule has 0 bridgehead atoms. The van der Waals surface area contributed by atoms with Crippen LogP contribution in [0.1, 0.15) is 65.7 Å². The molecule has 0 radical (unpaired) electrons. The summed E-state index contributed by atoms with van der Waals surface area (Å²) in [6, 6.07) is 0.315. The maximum absolute atomic E-state index is 12.2. The van der Waals surface area contributed by atoms with Crippen LogP contribution in [0.25, 0.3) is 0 Å². The molecular formula is C17H33N3O2. The predicted octanol–water partition coefficient (Wildman–Crippen LogP) is 3.05. The van der Waals surface area contributed by atoms with Gasteiger partial charge in [-0.3, -0.25) is 11.3 Å². The van der Waals surface area contributed by atoms with Gasteiger partial charge >= 0.3 is 6.09 Å². The largest absolute Gasteiger partial charge is 0.444 e. The molecule has 2 rings (SSSR count). The minimum Gasteiger partial charge on any atom is -0.444 e. The van der Waals surface area contributed by atoms with Gasteiger partial charge in [0, 0.05) is 19.1 Å². The zero-order valence-corrected chi connectivity index (χ0v) is 14.4. The highest BCUT2D eigenvalue weighted by Crippen LogP contribution is 2.31. The van der Waals surface area contributed by atoms with Gasteiger partial charge < -0.3 is 9.64 Å². The van der Waals surface area contributed by atoms with Gasteiger partial charge in [0.2, 0.25) is 0 Å². The summed E-state index contributed by atoms with van der Waals surface area (Å²) in [5.74, 6) is 7.05. The molecule has 0 aromatic carbocycles. The minimum atomic E-state index is -0.428. The fourth-order valence-electron chi connectivity index (χ4n) is 3.79. The molecule has 0 aromatic heterocycles. The monoisotopic (exact) mass is 311 g/mol. The number of nitrogens with zero attached hydrogens (tertiary/aromatic N) is 1. The Morgan fingerprint density at radius 1 is 1.27 bits per heavy atom. The number of rotatable bonds is 4. The lowest BCUT2D eigenvalue weighted by molar-refractivity contribution is 0.0284. The lowest BCUT2D eigenvalue weighted by Gasteiger charge is -2.30. The van der Waals surface area contributed by atoms with Crippen LogP contribution in [0.4, 0.5) is 4.79 Å². The molecule has 5 nitrogen and oxygen atoms in total. The number of likely N-dealkylation sites (tertiary alicyclic amines) is 1. The Bertz CT molecular complexity index is 361. The Hall–Kier alpha value is -0.810. The second-order valence-electron chi connectivity index (χ2n) is 7.99. The van der Waals surface area contributed by atoms with Crippen molar-refractivity contribution in [3.8, 4) is 0 Å². The maximum Gasteiger partial charge on any atom is 0.410 e. The first-order valence-corrected chi connectivity index (χ1v) is 8.83. The average molecular weight is 311 g/mol. The Morgan fingerprint density at radius 3 is 2.55 bits per heavy atom. The number of hydrogen-bond donors (Lipinski definition) is 2. The number of hydrogen-bond acceptors (Lipinski definition) is 4. The maximum atomic E-state index is 12.2. The Kier molecular flexibility index (Phi) is 6.09. The predicted molar refractivity (Wildman–Crippen MR) is 88.2 cm³/mol. The van der Waals surface area contributed by atoms with E-state index in [9.17, 15) is 4.79 Å². The van der Waals surface area contributed by atoms with Gasteiger partial charge in [0.15, 0.2) is 0 Å². The van der Waals surface area contributed by atoms with Crippen LogP contribution in [0, 0.1) is 11.8 Å². The Balaban J connectivity index is 1.83. The SMILES string of the molecule is CC(C)(C)OC(=O)N1CCC(C(CC2CCCCC2)NN)C1. The number of carbonyl (C=O) groups excluding carboxylic acids is 1. The summed E-state index contributed by atoms with van der Waals surface area (Å²) in [7, 11) is 0. The van der Waals surface area contributed by atoms with E-state index in [0.717, 1.165) is 31.8 Å². The van der Waals surface area contributed by atoms with Gasteiger partial charge in [-0.25, -0.2) is 4.79 Å². The molecule has 3 N–H and O–H groups in total. The summed E-state index contributed by atoms with van der Waals surface area (Å²) in [4.78, 5) is 14.0. The zero-order chi connectivity index (χ0) is 16.2. The summed E-state index contributed by atoms with van der Waals surface area (Å²) >= 11 is 0. The average Bonchev–Trinajstić information content (AvgIpc) is 2.94. The quantitative estimate of drug-likeness (QED) is 0.618. The molecule has 2 fully saturated rings. The highest BCUT2D eigenvalue weighted by Gasteiger charge is 2.34. The van der Waals surface area contributed by atoms with Gasteiger partial charge in [-0.2, -0.15) is 0 Å². The van der Waals surface area contributed by atoms with Gasteiger partial charge in [0.1, 0.15) is 5.60 Å². The van der Waals surface area contributed by atoms with E-state index in [0.29, 0.717) is 12.0 Å². The van der Waals surface area contributed by atoms with Crippen LogP contribution in [-0.2, 0) is 4.74 Å². The van der Waals surface area contributed by atoms with Crippen LogP contribution in [0.15, 0.2) is 0 Å². The number of ether oxygens (including phenoxy) is 1.